The molecule has 0 aromatic rings. The molecule has 0 aromatic carbocycles. The van der Waals surface area contributed by atoms with Crippen molar-refractivity contribution in [3.63, 3.8) is 0 Å². The molecule has 2 atom stereocenters. The minimum absolute atomic E-state index is 0.0943. The zero-order valence-corrected chi connectivity index (χ0v) is 9.44. The summed E-state index contributed by atoms with van der Waals surface area (Å²) in [6.45, 7) is 4.04. The molecule has 0 N–H and O–H groups in total. The van der Waals surface area contributed by atoms with Crippen LogP contribution in [0.25, 0.3) is 0 Å². The van der Waals surface area contributed by atoms with E-state index in [1.165, 1.54) is 19.3 Å². The van der Waals surface area contributed by atoms with E-state index in [0.29, 0.717) is 11.7 Å². The van der Waals surface area contributed by atoms with Crippen molar-refractivity contribution in [3.05, 3.63) is 0 Å². The summed E-state index contributed by atoms with van der Waals surface area (Å²) < 4.78 is 22.8. The van der Waals surface area contributed by atoms with Crippen LogP contribution in [-0.2, 0) is 9.84 Å². The van der Waals surface area contributed by atoms with Crippen molar-refractivity contribution in [2.24, 2.45) is 5.92 Å². The summed E-state index contributed by atoms with van der Waals surface area (Å²) >= 11 is 0. The molecule has 1 aliphatic heterocycles. The fourth-order valence-electron chi connectivity index (χ4n) is 2.02. The summed E-state index contributed by atoms with van der Waals surface area (Å²) in [4.78, 5) is 0. The molecule has 13 heavy (non-hydrogen) atoms. The molecular weight excluding hydrogens is 184 g/mol. The number of sulfone groups is 1. The molecule has 1 saturated heterocycles. The molecule has 2 nitrogen and oxygen atoms in total. The molecule has 3 heteroatoms. The lowest BCUT2D eigenvalue weighted by molar-refractivity contribution is 0.396. The van der Waals surface area contributed by atoms with Crippen molar-refractivity contribution in [2.45, 2.75) is 51.2 Å². The Morgan fingerprint density at radius 3 is 2.62 bits per heavy atom. The van der Waals surface area contributed by atoms with E-state index >= 15 is 0 Å². The van der Waals surface area contributed by atoms with Gasteiger partial charge in [-0.15, -0.1) is 0 Å². The summed E-state index contributed by atoms with van der Waals surface area (Å²) in [5, 5.41) is -0.0943. The van der Waals surface area contributed by atoms with Crippen LogP contribution in [0.1, 0.15) is 46.0 Å². The van der Waals surface area contributed by atoms with Crippen molar-refractivity contribution in [1.29, 1.82) is 0 Å². The van der Waals surface area contributed by atoms with Crippen LogP contribution >= 0.6 is 0 Å². The highest BCUT2D eigenvalue weighted by atomic mass is 32.2. The molecule has 0 radical (unpaired) electrons. The van der Waals surface area contributed by atoms with Gasteiger partial charge in [0.25, 0.3) is 0 Å². The predicted molar refractivity (Wildman–Crippen MR) is 55.5 cm³/mol. The fraction of sp³-hybridized carbons (Fsp3) is 1.00. The van der Waals surface area contributed by atoms with Gasteiger partial charge in [0, 0.05) is 0 Å². The van der Waals surface area contributed by atoms with E-state index in [4.69, 9.17) is 0 Å². The summed E-state index contributed by atoms with van der Waals surface area (Å²) in [6, 6.07) is 0. The number of hydrogen-bond acceptors (Lipinski definition) is 2. The number of unbranched alkanes of at least 4 members (excludes halogenated alkanes) is 1. The van der Waals surface area contributed by atoms with Gasteiger partial charge in [-0.1, -0.05) is 26.2 Å². The lowest BCUT2D eigenvalue weighted by Crippen LogP contribution is -2.30. The van der Waals surface area contributed by atoms with Crippen molar-refractivity contribution >= 4 is 9.84 Å². The summed E-state index contributed by atoms with van der Waals surface area (Å²) in [7, 11) is -2.72. The maximum Gasteiger partial charge on any atom is 0.152 e. The van der Waals surface area contributed by atoms with Gasteiger partial charge in [-0.05, 0) is 25.7 Å². The molecular formula is C10H20O2S. The Hall–Kier alpha value is -0.0500. The van der Waals surface area contributed by atoms with Crippen LogP contribution in [0.3, 0.4) is 0 Å². The molecule has 0 unspecified atom stereocenters. The highest BCUT2D eigenvalue weighted by Crippen LogP contribution is 2.28. The monoisotopic (exact) mass is 204 g/mol. The highest BCUT2D eigenvalue weighted by Gasteiger charge is 2.29. The minimum Gasteiger partial charge on any atom is -0.229 e. The molecule has 0 bridgehead atoms. The quantitative estimate of drug-likeness (QED) is 0.707. The molecule has 1 aliphatic rings. The van der Waals surface area contributed by atoms with Gasteiger partial charge in [-0.3, -0.25) is 0 Å². The van der Waals surface area contributed by atoms with Gasteiger partial charge in [-0.2, -0.15) is 0 Å². The van der Waals surface area contributed by atoms with E-state index < -0.39 is 9.84 Å². The summed E-state index contributed by atoms with van der Waals surface area (Å²) in [5.41, 5.74) is 0. The molecule has 1 rings (SSSR count). The number of hydrogen-bond donors (Lipinski definition) is 0. The Bertz CT molecular complexity index is 244. The van der Waals surface area contributed by atoms with E-state index in [1.807, 2.05) is 6.92 Å². The molecule has 0 saturated carbocycles. The summed E-state index contributed by atoms with van der Waals surface area (Å²) in [5.74, 6) is 1.08. The van der Waals surface area contributed by atoms with Gasteiger partial charge in [-0.25, -0.2) is 8.42 Å². The third-order valence-electron chi connectivity index (χ3n) is 3.05. The van der Waals surface area contributed by atoms with Crippen LogP contribution in [-0.4, -0.2) is 19.4 Å². The first-order valence-corrected chi connectivity index (χ1v) is 6.99. The minimum atomic E-state index is -2.72. The van der Waals surface area contributed by atoms with E-state index in [2.05, 4.69) is 6.92 Å². The van der Waals surface area contributed by atoms with Crippen LogP contribution in [0, 0.1) is 5.92 Å². The van der Waals surface area contributed by atoms with Gasteiger partial charge >= 0.3 is 0 Å². The third kappa shape index (κ3) is 2.97. The van der Waals surface area contributed by atoms with E-state index in [1.54, 1.807) is 0 Å². The van der Waals surface area contributed by atoms with Crippen LogP contribution in [0.15, 0.2) is 0 Å². The molecule has 1 heterocycles. The predicted octanol–water partition coefficient (Wildman–Crippen LogP) is 2.39. The second-order valence-corrected chi connectivity index (χ2v) is 6.75. The van der Waals surface area contributed by atoms with Crippen molar-refractivity contribution < 1.29 is 8.42 Å². The average molecular weight is 204 g/mol. The Balaban J connectivity index is 2.42. The Morgan fingerprint density at radius 1 is 1.38 bits per heavy atom. The highest BCUT2D eigenvalue weighted by molar-refractivity contribution is 7.92. The van der Waals surface area contributed by atoms with Gasteiger partial charge in [0.05, 0.1) is 11.0 Å². The maximum atomic E-state index is 11.4. The van der Waals surface area contributed by atoms with Gasteiger partial charge in [0.15, 0.2) is 9.84 Å². The van der Waals surface area contributed by atoms with Crippen molar-refractivity contribution in [3.8, 4) is 0 Å². The number of rotatable bonds is 3. The molecule has 0 amide bonds. The second kappa shape index (κ2) is 4.45. The lowest BCUT2D eigenvalue weighted by atomic mass is 9.94. The van der Waals surface area contributed by atoms with E-state index in [0.717, 1.165) is 12.8 Å². The topological polar surface area (TPSA) is 34.1 Å². The first-order chi connectivity index (χ1) is 6.06. The Labute approximate surface area is 81.6 Å². The van der Waals surface area contributed by atoms with Crippen LogP contribution in [0.5, 0.6) is 0 Å². The Morgan fingerprint density at radius 2 is 2.08 bits per heavy atom. The maximum absolute atomic E-state index is 11.4. The van der Waals surface area contributed by atoms with Gasteiger partial charge in [0.2, 0.25) is 0 Å². The second-order valence-electron chi connectivity index (χ2n) is 4.21. The molecule has 78 valence electrons. The van der Waals surface area contributed by atoms with E-state index in [9.17, 15) is 8.42 Å². The molecule has 1 fully saturated rings. The third-order valence-corrected chi connectivity index (χ3v) is 5.28. The lowest BCUT2D eigenvalue weighted by Gasteiger charge is -2.26. The zero-order chi connectivity index (χ0) is 9.90. The Kier molecular flexibility index (Phi) is 3.77. The molecule has 0 aromatic heterocycles. The van der Waals surface area contributed by atoms with Crippen molar-refractivity contribution in [1.82, 2.24) is 0 Å². The van der Waals surface area contributed by atoms with Crippen molar-refractivity contribution in [2.75, 3.05) is 5.75 Å². The van der Waals surface area contributed by atoms with Crippen LogP contribution in [0.2, 0.25) is 0 Å². The standard InChI is InChI=1S/C10H20O2S/c1-3-4-5-10-6-7-13(11,12)9(2)8-10/h9-10H,3-8H2,1-2H3/t9-,10-/m1/s1. The van der Waals surface area contributed by atoms with E-state index in [-0.39, 0.29) is 5.25 Å². The van der Waals surface area contributed by atoms with Crippen LogP contribution < -0.4 is 0 Å². The van der Waals surface area contributed by atoms with Gasteiger partial charge in [0.1, 0.15) is 0 Å². The fourth-order valence-corrected chi connectivity index (χ4v) is 3.65. The average Bonchev–Trinajstić information content (AvgIpc) is 2.07. The zero-order valence-electron chi connectivity index (χ0n) is 8.62. The smallest absolute Gasteiger partial charge is 0.152 e. The van der Waals surface area contributed by atoms with Gasteiger partial charge < -0.3 is 0 Å². The normalized spacial score (nSPS) is 33.1. The summed E-state index contributed by atoms with van der Waals surface area (Å²) in [6.07, 6.45) is 5.47. The first-order valence-electron chi connectivity index (χ1n) is 5.28. The largest absolute Gasteiger partial charge is 0.229 e. The van der Waals surface area contributed by atoms with Crippen LogP contribution in [0.4, 0.5) is 0 Å². The molecule has 0 aliphatic carbocycles. The SMILES string of the molecule is CCCC[C@@H]1CCS(=O)(=O)[C@H](C)C1. The molecule has 0 spiro atoms. The first kappa shape index (κ1) is 11.0.